The van der Waals surface area contributed by atoms with Gasteiger partial charge in [0.15, 0.2) is 0 Å². The maximum absolute atomic E-state index is 13.3. The van der Waals surface area contributed by atoms with Gasteiger partial charge in [0.2, 0.25) is 5.95 Å². The second-order valence-electron chi connectivity index (χ2n) is 9.72. The van der Waals surface area contributed by atoms with Crippen LogP contribution in [0.1, 0.15) is 16.8 Å². The van der Waals surface area contributed by atoms with Crippen LogP contribution in [0.15, 0.2) is 42.6 Å². The SMILES string of the molecule is COc1cc(Nc2ncc3c(n2)N(C)CN(c2c(Cl)cccc2Cl)C3=O)ccc1N1CC2CC1CN2C(=O)O. The zero-order valence-corrected chi connectivity index (χ0v) is 22.6. The molecule has 2 bridgehead atoms. The van der Waals surface area contributed by atoms with E-state index in [2.05, 4.69) is 20.2 Å². The molecule has 0 aliphatic carbocycles. The maximum Gasteiger partial charge on any atom is 0.407 e. The van der Waals surface area contributed by atoms with E-state index in [9.17, 15) is 14.7 Å². The van der Waals surface area contributed by atoms with Crippen LogP contribution in [0.3, 0.4) is 0 Å². The average molecular weight is 570 g/mol. The van der Waals surface area contributed by atoms with E-state index < -0.39 is 6.09 Å². The van der Waals surface area contributed by atoms with Crippen LogP contribution in [-0.4, -0.2) is 78.0 Å². The average Bonchev–Trinajstić information content (AvgIpc) is 3.53. The number of aromatic nitrogens is 2. The molecule has 3 aliphatic rings. The predicted molar refractivity (Wildman–Crippen MR) is 149 cm³/mol. The van der Waals surface area contributed by atoms with Crippen molar-refractivity contribution in [2.24, 2.45) is 0 Å². The smallest absolute Gasteiger partial charge is 0.407 e. The third kappa shape index (κ3) is 4.31. The summed E-state index contributed by atoms with van der Waals surface area (Å²) in [6.07, 6.45) is 1.43. The number of anilines is 5. The van der Waals surface area contributed by atoms with Crippen LogP contribution >= 0.6 is 23.2 Å². The van der Waals surface area contributed by atoms with Crippen LogP contribution in [0.5, 0.6) is 5.75 Å². The Hall–Kier alpha value is -3.96. The summed E-state index contributed by atoms with van der Waals surface area (Å²) in [6, 6.07) is 10.9. The summed E-state index contributed by atoms with van der Waals surface area (Å²) in [5.41, 5.74) is 2.40. The summed E-state index contributed by atoms with van der Waals surface area (Å²) in [7, 11) is 3.43. The highest BCUT2D eigenvalue weighted by Gasteiger charge is 2.46. The fourth-order valence-corrected chi connectivity index (χ4v) is 6.20. The number of nitrogens with one attached hydrogen (secondary N) is 1. The van der Waals surface area contributed by atoms with E-state index >= 15 is 0 Å². The summed E-state index contributed by atoms with van der Waals surface area (Å²) in [4.78, 5) is 40.8. The number of hydrogen-bond acceptors (Lipinski definition) is 8. The van der Waals surface area contributed by atoms with Crippen molar-refractivity contribution in [1.29, 1.82) is 0 Å². The number of rotatable bonds is 5. The molecule has 13 heteroatoms. The Morgan fingerprint density at radius 1 is 1.15 bits per heavy atom. The highest BCUT2D eigenvalue weighted by Crippen LogP contribution is 2.41. The van der Waals surface area contributed by atoms with Gasteiger partial charge in [0.05, 0.1) is 41.2 Å². The van der Waals surface area contributed by atoms with Crippen molar-refractivity contribution in [3.05, 3.63) is 58.2 Å². The van der Waals surface area contributed by atoms with Gasteiger partial charge in [-0.05, 0) is 30.7 Å². The summed E-state index contributed by atoms with van der Waals surface area (Å²) in [5.74, 6) is 1.17. The van der Waals surface area contributed by atoms with Crippen molar-refractivity contribution in [1.82, 2.24) is 14.9 Å². The summed E-state index contributed by atoms with van der Waals surface area (Å²) < 4.78 is 5.68. The van der Waals surface area contributed by atoms with Crippen LogP contribution in [0.2, 0.25) is 10.0 Å². The molecule has 2 unspecified atom stereocenters. The number of methoxy groups -OCH3 is 1. The molecule has 0 spiro atoms. The number of nitrogens with zero attached hydrogens (tertiary/aromatic N) is 6. The molecule has 39 heavy (non-hydrogen) atoms. The van der Waals surface area contributed by atoms with Gasteiger partial charge in [0.1, 0.15) is 17.1 Å². The highest BCUT2D eigenvalue weighted by molar-refractivity contribution is 6.40. The van der Waals surface area contributed by atoms with Gasteiger partial charge in [-0.2, -0.15) is 4.98 Å². The standard InChI is InChI=1S/C26H25Cl2N7O4/c1-32-13-35(22-18(27)4-3-5-19(22)28)24(36)17-10-29-25(31-23(17)32)30-14-6-7-20(21(8-14)39-2)33-11-16-9-15(33)12-34(16)26(37)38/h3-8,10,15-16H,9,11-13H2,1-2H3,(H,37,38)(H,29,30,31). The number of carbonyl (C=O) groups is 2. The van der Waals surface area contributed by atoms with Crippen molar-refractivity contribution in [2.75, 3.05) is 53.9 Å². The van der Waals surface area contributed by atoms with Crippen molar-refractivity contribution >= 4 is 64.0 Å². The van der Waals surface area contributed by atoms with Crippen LogP contribution in [0, 0.1) is 0 Å². The van der Waals surface area contributed by atoms with E-state index in [0.29, 0.717) is 57.6 Å². The van der Waals surface area contributed by atoms with Crippen molar-refractivity contribution < 1.29 is 19.4 Å². The van der Waals surface area contributed by atoms with Gasteiger partial charge < -0.3 is 29.9 Å². The number of piperazine rings is 1. The molecule has 0 saturated carbocycles. The lowest BCUT2D eigenvalue weighted by molar-refractivity contribution is 0.0981. The van der Waals surface area contributed by atoms with E-state index in [4.69, 9.17) is 27.9 Å². The predicted octanol–water partition coefficient (Wildman–Crippen LogP) is 4.53. The van der Waals surface area contributed by atoms with Crippen LogP contribution < -0.4 is 24.8 Å². The quantitative estimate of drug-likeness (QED) is 0.457. The Labute approximate surface area is 234 Å². The lowest BCUT2D eigenvalue weighted by atomic mass is 10.2. The molecule has 4 heterocycles. The van der Waals surface area contributed by atoms with Gasteiger partial charge in [-0.15, -0.1) is 0 Å². The van der Waals surface area contributed by atoms with Gasteiger partial charge in [-0.3, -0.25) is 9.69 Å². The Balaban J connectivity index is 1.22. The van der Waals surface area contributed by atoms with Gasteiger partial charge in [-0.25, -0.2) is 9.78 Å². The van der Waals surface area contributed by atoms with E-state index in [1.165, 1.54) is 16.0 Å². The zero-order chi connectivity index (χ0) is 27.4. The lowest BCUT2D eigenvalue weighted by Crippen LogP contribution is -2.48. The normalized spacial score (nSPS) is 19.9. The Morgan fingerprint density at radius 2 is 1.92 bits per heavy atom. The van der Waals surface area contributed by atoms with Crippen LogP contribution in [0.4, 0.5) is 33.6 Å². The van der Waals surface area contributed by atoms with Crippen LogP contribution in [-0.2, 0) is 0 Å². The molecule has 2 fully saturated rings. The van der Waals surface area contributed by atoms with E-state index in [1.807, 2.05) is 30.1 Å². The minimum Gasteiger partial charge on any atom is -0.495 e. The number of ether oxygens (including phenoxy) is 1. The van der Waals surface area contributed by atoms with Crippen LogP contribution in [0.25, 0.3) is 0 Å². The first-order valence-electron chi connectivity index (χ1n) is 12.3. The molecule has 2 atom stereocenters. The van der Waals surface area contributed by atoms with Crippen molar-refractivity contribution in [3.63, 3.8) is 0 Å². The third-order valence-electron chi connectivity index (χ3n) is 7.40. The minimum atomic E-state index is -0.869. The van der Waals surface area contributed by atoms with Gasteiger partial charge in [0, 0.05) is 44.1 Å². The van der Waals surface area contributed by atoms with Gasteiger partial charge >= 0.3 is 6.09 Å². The van der Waals surface area contributed by atoms with E-state index in [0.717, 1.165) is 12.1 Å². The second kappa shape index (κ2) is 9.65. The zero-order valence-electron chi connectivity index (χ0n) is 21.1. The van der Waals surface area contributed by atoms with E-state index in [1.54, 1.807) is 25.3 Å². The first kappa shape index (κ1) is 25.3. The number of hydrogen-bond donors (Lipinski definition) is 2. The Kier molecular flexibility index (Phi) is 6.27. The Morgan fingerprint density at radius 3 is 2.59 bits per heavy atom. The number of carboxylic acid groups (broad SMARTS) is 1. The van der Waals surface area contributed by atoms with E-state index in [-0.39, 0.29) is 24.7 Å². The molecule has 3 aromatic rings. The maximum atomic E-state index is 13.3. The summed E-state index contributed by atoms with van der Waals surface area (Å²) >= 11 is 12.7. The summed E-state index contributed by atoms with van der Waals surface area (Å²) in [5, 5.41) is 13.3. The number of amides is 2. The molecule has 2 saturated heterocycles. The number of benzene rings is 2. The topological polar surface area (TPSA) is 114 Å². The largest absolute Gasteiger partial charge is 0.495 e. The molecule has 202 valence electrons. The molecule has 2 amide bonds. The lowest BCUT2D eigenvalue weighted by Gasteiger charge is -2.35. The summed E-state index contributed by atoms with van der Waals surface area (Å²) in [6.45, 7) is 1.33. The molecule has 0 radical (unpaired) electrons. The highest BCUT2D eigenvalue weighted by atomic mass is 35.5. The number of fused-ring (bicyclic) bond motifs is 3. The molecular weight excluding hydrogens is 545 g/mol. The molecular formula is C26H25Cl2N7O4. The molecule has 3 aliphatic heterocycles. The second-order valence-corrected chi connectivity index (χ2v) is 10.5. The number of halogens is 2. The fraction of sp³-hybridized carbons (Fsp3) is 0.308. The van der Waals surface area contributed by atoms with Crippen molar-refractivity contribution in [2.45, 2.75) is 18.5 Å². The minimum absolute atomic E-state index is 0.0107. The van der Waals surface area contributed by atoms with Gasteiger partial charge in [0.25, 0.3) is 5.91 Å². The third-order valence-corrected chi connectivity index (χ3v) is 8.01. The molecule has 2 aromatic carbocycles. The first-order chi connectivity index (χ1) is 18.7. The monoisotopic (exact) mass is 569 g/mol. The fourth-order valence-electron chi connectivity index (χ4n) is 5.60. The first-order valence-corrected chi connectivity index (χ1v) is 13.1. The van der Waals surface area contributed by atoms with Crippen molar-refractivity contribution in [3.8, 4) is 5.75 Å². The molecule has 6 rings (SSSR count). The molecule has 1 aromatic heterocycles. The Bertz CT molecular complexity index is 1470. The molecule has 2 N–H and O–H groups in total. The number of para-hydroxylation sites is 1. The number of carbonyl (C=O) groups excluding carboxylic acids is 1. The van der Waals surface area contributed by atoms with Gasteiger partial charge in [-0.1, -0.05) is 29.3 Å². The number of likely N-dealkylation sites (tertiary alicyclic amines) is 1. The molecule has 11 nitrogen and oxygen atoms in total.